The van der Waals surface area contributed by atoms with Crippen molar-refractivity contribution in [1.29, 1.82) is 0 Å². The third-order valence-electron chi connectivity index (χ3n) is 8.69. The van der Waals surface area contributed by atoms with E-state index >= 15 is 0 Å². The molecule has 0 aromatic carbocycles. The highest BCUT2D eigenvalue weighted by molar-refractivity contribution is 5.70. The van der Waals surface area contributed by atoms with Crippen LogP contribution in [0.25, 0.3) is 0 Å². The highest BCUT2D eigenvalue weighted by atomic mass is 16.6. The van der Waals surface area contributed by atoms with Gasteiger partial charge in [-0.15, -0.1) is 0 Å². The molecule has 4 rings (SSSR count). The number of likely N-dealkylation sites (N-methyl/N-ethyl adjacent to an activating group) is 1. The van der Waals surface area contributed by atoms with E-state index in [-0.39, 0.29) is 24.8 Å². The van der Waals surface area contributed by atoms with Gasteiger partial charge in [-0.05, 0) is 51.6 Å². The van der Waals surface area contributed by atoms with Crippen LogP contribution in [-0.4, -0.2) is 132 Å². The van der Waals surface area contributed by atoms with Gasteiger partial charge in [-0.1, -0.05) is 19.3 Å². The van der Waals surface area contributed by atoms with Crippen LogP contribution >= 0.6 is 0 Å². The molecule has 9 heteroatoms. The molecule has 0 spiro atoms. The van der Waals surface area contributed by atoms with Gasteiger partial charge in [0.25, 0.3) is 0 Å². The quantitative estimate of drug-likeness (QED) is 0.440. The molecule has 4 aliphatic rings. The van der Waals surface area contributed by atoms with Crippen molar-refractivity contribution >= 4 is 12.1 Å². The van der Waals surface area contributed by atoms with Crippen molar-refractivity contribution < 1.29 is 19.4 Å². The number of hydrogen-bond donors (Lipinski definition) is 1. The maximum atomic E-state index is 12.3. The van der Waals surface area contributed by atoms with Crippen LogP contribution in [0.2, 0.25) is 0 Å². The topological polar surface area (TPSA) is 79.8 Å². The van der Waals surface area contributed by atoms with Crippen LogP contribution < -0.4 is 0 Å². The number of amides is 1. The summed E-state index contributed by atoms with van der Waals surface area (Å²) < 4.78 is 5.79. The molecule has 35 heavy (non-hydrogen) atoms. The molecule has 1 amide bonds. The third-order valence-corrected chi connectivity index (χ3v) is 8.69. The Morgan fingerprint density at radius 1 is 0.857 bits per heavy atom. The lowest BCUT2D eigenvalue weighted by molar-refractivity contribution is -0.137. The number of aliphatic carboxylic acids is 1. The second kappa shape index (κ2) is 13.2. The Balaban J connectivity index is 1.14. The van der Waals surface area contributed by atoms with Gasteiger partial charge in [0.15, 0.2) is 6.23 Å². The van der Waals surface area contributed by atoms with E-state index in [1.54, 1.807) is 4.90 Å². The highest BCUT2D eigenvalue weighted by Crippen LogP contribution is 2.27. The number of carboxylic acids is 1. The van der Waals surface area contributed by atoms with Gasteiger partial charge in [0.05, 0.1) is 6.04 Å². The Labute approximate surface area is 211 Å². The third kappa shape index (κ3) is 7.54. The SMILES string of the molecule is CN1C(=O)OC(N2CCN(CCCC(=O)O)CC2)C1CCCCN1CCN(C2CCCCC2)CC1. The zero-order valence-electron chi connectivity index (χ0n) is 21.8. The predicted octanol–water partition coefficient (Wildman–Crippen LogP) is 2.37. The second-order valence-corrected chi connectivity index (χ2v) is 11.0. The summed E-state index contributed by atoms with van der Waals surface area (Å²) in [5.41, 5.74) is 0. The maximum Gasteiger partial charge on any atom is 0.411 e. The molecule has 0 radical (unpaired) electrons. The van der Waals surface area contributed by atoms with Crippen molar-refractivity contribution in [1.82, 2.24) is 24.5 Å². The number of carbonyl (C=O) groups excluding carboxylic acids is 1. The Morgan fingerprint density at radius 3 is 2.09 bits per heavy atom. The summed E-state index contributed by atoms with van der Waals surface area (Å²) in [7, 11) is 1.87. The van der Waals surface area contributed by atoms with Crippen LogP contribution in [-0.2, 0) is 9.53 Å². The lowest BCUT2D eigenvalue weighted by Gasteiger charge is -2.41. The standard InChI is InChI=1S/C26H47N5O4/c1-27-23(10-5-6-12-28-14-18-30(19-15-28)22-8-3-2-4-9-22)25(35-26(27)34)31-20-16-29(17-21-31)13-7-11-24(32)33/h22-23,25H,2-21H2,1H3,(H,32,33). The molecule has 0 bridgehead atoms. The summed E-state index contributed by atoms with van der Waals surface area (Å²) in [5.74, 6) is -0.728. The Hall–Kier alpha value is -1.42. The van der Waals surface area contributed by atoms with E-state index in [4.69, 9.17) is 9.84 Å². The number of rotatable bonds is 11. The number of ether oxygens (including phenoxy) is 1. The van der Waals surface area contributed by atoms with E-state index < -0.39 is 5.97 Å². The van der Waals surface area contributed by atoms with Crippen LogP contribution in [0.15, 0.2) is 0 Å². The number of cyclic esters (lactones) is 1. The van der Waals surface area contributed by atoms with Crippen LogP contribution in [0.5, 0.6) is 0 Å². The van der Waals surface area contributed by atoms with Gasteiger partial charge in [0, 0.05) is 71.9 Å². The Bertz CT molecular complexity index is 673. The molecule has 1 saturated carbocycles. The number of carboxylic acid groups (broad SMARTS) is 1. The summed E-state index contributed by atoms with van der Waals surface area (Å²) in [5, 5.41) is 8.85. The maximum absolute atomic E-state index is 12.3. The number of carbonyl (C=O) groups is 2. The molecule has 1 aliphatic carbocycles. The first-order valence-electron chi connectivity index (χ1n) is 14.1. The van der Waals surface area contributed by atoms with Crippen molar-refractivity contribution in [2.75, 3.05) is 72.5 Å². The zero-order chi connectivity index (χ0) is 24.6. The molecule has 0 aromatic heterocycles. The average molecular weight is 494 g/mol. The lowest BCUT2D eigenvalue weighted by Crippen LogP contribution is -2.54. The van der Waals surface area contributed by atoms with Gasteiger partial charge in [-0.2, -0.15) is 0 Å². The Morgan fingerprint density at radius 2 is 1.46 bits per heavy atom. The summed E-state index contributed by atoms with van der Waals surface area (Å²) in [6.45, 7) is 10.3. The second-order valence-electron chi connectivity index (χ2n) is 11.0. The number of piperazine rings is 2. The predicted molar refractivity (Wildman–Crippen MR) is 135 cm³/mol. The molecular formula is C26H47N5O4. The molecule has 4 fully saturated rings. The molecular weight excluding hydrogens is 446 g/mol. The number of nitrogens with zero attached hydrogens (tertiary/aromatic N) is 5. The molecule has 3 heterocycles. The minimum Gasteiger partial charge on any atom is -0.481 e. The van der Waals surface area contributed by atoms with Crippen LogP contribution in [0.4, 0.5) is 4.79 Å². The summed E-state index contributed by atoms with van der Waals surface area (Å²) in [6.07, 6.45) is 10.9. The van der Waals surface area contributed by atoms with E-state index in [2.05, 4.69) is 19.6 Å². The fourth-order valence-electron chi connectivity index (χ4n) is 6.43. The molecule has 2 atom stereocenters. The van der Waals surface area contributed by atoms with Gasteiger partial charge in [-0.25, -0.2) is 4.79 Å². The van der Waals surface area contributed by atoms with Gasteiger partial charge in [0.2, 0.25) is 0 Å². The van der Waals surface area contributed by atoms with Crippen molar-refractivity contribution in [3.63, 3.8) is 0 Å². The molecule has 9 nitrogen and oxygen atoms in total. The number of hydrogen-bond acceptors (Lipinski definition) is 7. The smallest absolute Gasteiger partial charge is 0.411 e. The van der Waals surface area contributed by atoms with Crippen molar-refractivity contribution in [2.45, 2.75) is 82.5 Å². The first-order chi connectivity index (χ1) is 17.0. The molecule has 2 unspecified atom stereocenters. The van der Waals surface area contributed by atoms with Gasteiger partial charge < -0.3 is 24.5 Å². The minimum atomic E-state index is -0.728. The van der Waals surface area contributed by atoms with Crippen molar-refractivity contribution in [3.8, 4) is 0 Å². The molecule has 3 aliphatic heterocycles. The van der Waals surface area contributed by atoms with Crippen LogP contribution in [0, 0.1) is 0 Å². The van der Waals surface area contributed by atoms with E-state index in [1.807, 2.05) is 7.05 Å². The fraction of sp³-hybridized carbons (Fsp3) is 0.923. The molecule has 1 N–H and O–H groups in total. The first-order valence-corrected chi connectivity index (χ1v) is 14.1. The van der Waals surface area contributed by atoms with Gasteiger partial charge in [0.1, 0.15) is 0 Å². The Kier molecular flexibility index (Phi) is 10.1. The van der Waals surface area contributed by atoms with Crippen LogP contribution in [0.1, 0.15) is 64.2 Å². The molecule has 200 valence electrons. The minimum absolute atomic E-state index is 0.115. The van der Waals surface area contributed by atoms with E-state index in [0.717, 1.165) is 58.2 Å². The van der Waals surface area contributed by atoms with E-state index in [9.17, 15) is 9.59 Å². The summed E-state index contributed by atoms with van der Waals surface area (Å²) >= 11 is 0. The summed E-state index contributed by atoms with van der Waals surface area (Å²) in [4.78, 5) is 34.9. The fourth-order valence-corrected chi connectivity index (χ4v) is 6.43. The highest BCUT2D eigenvalue weighted by Gasteiger charge is 2.43. The van der Waals surface area contributed by atoms with E-state index in [0.29, 0.717) is 6.42 Å². The largest absolute Gasteiger partial charge is 0.481 e. The van der Waals surface area contributed by atoms with Gasteiger partial charge in [-0.3, -0.25) is 14.6 Å². The van der Waals surface area contributed by atoms with Crippen molar-refractivity contribution in [3.05, 3.63) is 0 Å². The van der Waals surface area contributed by atoms with Gasteiger partial charge >= 0.3 is 12.1 Å². The monoisotopic (exact) mass is 493 g/mol. The normalized spacial score (nSPS) is 28.5. The molecule has 0 aromatic rings. The zero-order valence-corrected chi connectivity index (χ0v) is 21.8. The van der Waals surface area contributed by atoms with Crippen LogP contribution in [0.3, 0.4) is 0 Å². The van der Waals surface area contributed by atoms with E-state index in [1.165, 1.54) is 64.7 Å². The lowest BCUT2D eigenvalue weighted by atomic mass is 9.94. The summed E-state index contributed by atoms with van der Waals surface area (Å²) in [6, 6.07) is 0.953. The number of unbranched alkanes of at least 4 members (excludes halogenated alkanes) is 1. The average Bonchev–Trinajstić information content (AvgIpc) is 3.16. The first kappa shape index (κ1) is 26.6. The molecule has 3 saturated heterocycles. The van der Waals surface area contributed by atoms with Crippen molar-refractivity contribution in [2.24, 2.45) is 0 Å².